The van der Waals surface area contributed by atoms with Crippen LogP contribution in [0, 0.1) is 5.92 Å². The Morgan fingerprint density at radius 3 is 2.34 bits per heavy atom. The largest absolute Gasteiger partial charge is 0.468 e. The van der Waals surface area contributed by atoms with Gasteiger partial charge in [-0.1, -0.05) is 19.1 Å². The van der Waals surface area contributed by atoms with Gasteiger partial charge >= 0.3 is 0 Å². The molecule has 0 aliphatic carbocycles. The van der Waals surface area contributed by atoms with Crippen molar-refractivity contribution in [1.29, 1.82) is 0 Å². The third-order valence-electron chi connectivity index (χ3n) is 5.26. The summed E-state index contributed by atoms with van der Waals surface area (Å²) in [5, 5.41) is 0. The van der Waals surface area contributed by atoms with Crippen molar-refractivity contribution in [3.05, 3.63) is 54.0 Å². The highest BCUT2D eigenvalue weighted by atomic mass is 32.2. The smallest absolute Gasteiger partial charge is 0.243 e. The van der Waals surface area contributed by atoms with Crippen LogP contribution in [0.1, 0.15) is 42.8 Å². The average Bonchev–Trinajstić information content (AvgIpc) is 3.21. The van der Waals surface area contributed by atoms with E-state index in [2.05, 4.69) is 6.92 Å². The first kappa shape index (κ1) is 21.3. The van der Waals surface area contributed by atoms with Gasteiger partial charge in [-0.3, -0.25) is 9.59 Å². The predicted molar refractivity (Wildman–Crippen MR) is 108 cm³/mol. The van der Waals surface area contributed by atoms with Crippen molar-refractivity contribution in [3.8, 4) is 0 Å². The van der Waals surface area contributed by atoms with Gasteiger partial charge in [0.15, 0.2) is 5.78 Å². The Bertz CT molecular complexity index is 943. The molecule has 1 aromatic carbocycles. The number of hydrogen-bond acceptors (Lipinski definition) is 5. The number of amides is 1. The molecule has 0 radical (unpaired) electrons. The molecule has 1 aromatic heterocycles. The van der Waals surface area contributed by atoms with Gasteiger partial charge in [0.1, 0.15) is 5.76 Å². The Morgan fingerprint density at radius 2 is 1.79 bits per heavy atom. The standard InChI is InChI=1S/C21H26N2O5S/c1-16-9-11-22(12-10-16)21(25)15-23(14-19-4-3-13-28-19)29(26,27)20-7-5-18(6-8-20)17(2)24/h3-8,13,16H,9-12,14-15H2,1-2H3. The van der Waals surface area contributed by atoms with Crippen LogP contribution >= 0.6 is 0 Å². The van der Waals surface area contributed by atoms with Gasteiger partial charge < -0.3 is 9.32 Å². The van der Waals surface area contributed by atoms with E-state index in [1.807, 2.05) is 0 Å². The monoisotopic (exact) mass is 418 g/mol. The Morgan fingerprint density at radius 1 is 1.14 bits per heavy atom. The topological polar surface area (TPSA) is 87.9 Å². The molecule has 1 fully saturated rings. The highest BCUT2D eigenvalue weighted by molar-refractivity contribution is 7.89. The normalized spacial score (nSPS) is 15.6. The maximum Gasteiger partial charge on any atom is 0.243 e. The number of carbonyl (C=O) groups excluding carboxylic acids is 2. The third kappa shape index (κ3) is 5.13. The summed E-state index contributed by atoms with van der Waals surface area (Å²) >= 11 is 0. The van der Waals surface area contributed by atoms with Gasteiger partial charge in [0.05, 0.1) is 24.2 Å². The van der Waals surface area contributed by atoms with Gasteiger partial charge in [0, 0.05) is 18.7 Å². The van der Waals surface area contributed by atoms with Crippen molar-refractivity contribution in [2.75, 3.05) is 19.6 Å². The number of likely N-dealkylation sites (tertiary alicyclic amines) is 1. The highest BCUT2D eigenvalue weighted by Crippen LogP contribution is 2.21. The van der Waals surface area contributed by atoms with Crippen LogP contribution in [-0.2, 0) is 21.4 Å². The van der Waals surface area contributed by atoms with Crippen molar-refractivity contribution in [2.45, 2.75) is 38.1 Å². The number of benzene rings is 1. The Kier molecular flexibility index (Phi) is 6.54. The lowest BCUT2D eigenvalue weighted by Gasteiger charge is -2.32. The summed E-state index contributed by atoms with van der Waals surface area (Å²) in [6.07, 6.45) is 3.31. The molecule has 0 spiro atoms. The summed E-state index contributed by atoms with van der Waals surface area (Å²) in [4.78, 5) is 26.0. The summed E-state index contributed by atoms with van der Waals surface area (Å²) in [7, 11) is -3.95. The number of carbonyl (C=O) groups is 2. The van der Waals surface area contributed by atoms with E-state index in [1.54, 1.807) is 17.0 Å². The number of nitrogens with zero attached hydrogens (tertiary/aromatic N) is 2. The molecule has 29 heavy (non-hydrogen) atoms. The minimum atomic E-state index is -3.95. The maximum absolute atomic E-state index is 13.2. The number of Topliss-reactive ketones (excluding diaryl/α,β-unsaturated/α-hetero) is 1. The second-order valence-electron chi connectivity index (χ2n) is 7.50. The molecule has 0 bridgehead atoms. The molecule has 8 heteroatoms. The number of furan rings is 1. The summed E-state index contributed by atoms with van der Waals surface area (Å²) in [5.74, 6) is 0.666. The van der Waals surface area contributed by atoms with Crippen molar-refractivity contribution < 1.29 is 22.4 Å². The van der Waals surface area contributed by atoms with E-state index in [0.29, 0.717) is 30.3 Å². The van der Waals surface area contributed by atoms with Gasteiger partial charge in [0.2, 0.25) is 15.9 Å². The van der Waals surface area contributed by atoms with Crippen LogP contribution < -0.4 is 0 Å². The van der Waals surface area contributed by atoms with Crippen LogP contribution in [0.15, 0.2) is 52.0 Å². The maximum atomic E-state index is 13.2. The first-order chi connectivity index (χ1) is 13.8. The minimum Gasteiger partial charge on any atom is -0.468 e. The van der Waals surface area contributed by atoms with E-state index in [1.165, 1.54) is 37.5 Å². The number of ketones is 1. The van der Waals surface area contributed by atoms with Gasteiger partial charge in [-0.05, 0) is 49.9 Å². The summed E-state index contributed by atoms with van der Waals surface area (Å²) in [6, 6.07) is 9.11. The number of hydrogen-bond donors (Lipinski definition) is 0. The van der Waals surface area contributed by atoms with Crippen molar-refractivity contribution >= 4 is 21.7 Å². The Hall–Kier alpha value is -2.45. The van der Waals surface area contributed by atoms with Gasteiger partial charge in [-0.2, -0.15) is 4.31 Å². The van der Waals surface area contributed by atoms with Crippen molar-refractivity contribution in [1.82, 2.24) is 9.21 Å². The zero-order valence-corrected chi connectivity index (χ0v) is 17.5. The second kappa shape index (κ2) is 8.92. The fourth-order valence-electron chi connectivity index (χ4n) is 3.32. The van der Waals surface area contributed by atoms with Crippen LogP contribution in [0.4, 0.5) is 0 Å². The second-order valence-corrected chi connectivity index (χ2v) is 9.43. The molecule has 2 heterocycles. The van der Waals surface area contributed by atoms with Crippen LogP contribution in [0.2, 0.25) is 0 Å². The molecule has 156 valence electrons. The highest BCUT2D eigenvalue weighted by Gasteiger charge is 2.30. The predicted octanol–water partition coefficient (Wildman–Crippen LogP) is 2.93. The molecule has 0 saturated carbocycles. The number of sulfonamides is 1. The molecule has 1 aliphatic rings. The SMILES string of the molecule is CC(=O)c1ccc(S(=O)(=O)N(CC(=O)N2CCC(C)CC2)Cc2ccco2)cc1. The summed E-state index contributed by atoms with van der Waals surface area (Å²) in [5.41, 5.74) is 0.431. The molecule has 3 rings (SSSR count). The molecule has 1 saturated heterocycles. The first-order valence-corrected chi connectivity index (χ1v) is 11.1. The Balaban J connectivity index is 1.83. The van der Waals surface area contributed by atoms with Crippen LogP contribution in [0.5, 0.6) is 0 Å². The molecule has 0 N–H and O–H groups in total. The number of rotatable bonds is 7. The van der Waals surface area contributed by atoms with Gasteiger partial charge in [-0.25, -0.2) is 8.42 Å². The molecule has 1 amide bonds. The molecule has 2 aromatic rings. The molecule has 1 aliphatic heterocycles. The summed E-state index contributed by atoms with van der Waals surface area (Å²) < 4.78 is 32.9. The van der Waals surface area contributed by atoms with Crippen LogP contribution in [0.25, 0.3) is 0 Å². The molecular weight excluding hydrogens is 392 g/mol. The van der Waals surface area contributed by atoms with E-state index in [0.717, 1.165) is 17.1 Å². The minimum absolute atomic E-state index is 0.0362. The lowest BCUT2D eigenvalue weighted by molar-refractivity contribution is -0.132. The molecular formula is C21H26N2O5S. The molecule has 0 unspecified atom stereocenters. The average molecular weight is 419 g/mol. The van der Waals surface area contributed by atoms with E-state index in [-0.39, 0.29) is 29.7 Å². The lowest BCUT2D eigenvalue weighted by atomic mass is 9.99. The van der Waals surface area contributed by atoms with Gasteiger partial charge in [0.25, 0.3) is 0 Å². The number of piperidine rings is 1. The first-order valence-electron chi connectivity index (χ1n) is 9.68. The lowest BCUT2D eigenvalue weighted by Crippen LogP contribution is -2.45. The van der Waals surface area contributed by atoms with Crippen molar-refractivity contribution in [3.63, 3.8) is 0 Å². The van der Waals surface area contributed by atoms with E-state index < -0.39 is 10.0 Å². The zero-order chi connectivity index (χ0) is 21.0. The van der Waals surface area contributed by atoms with E-state index in [9.17, 15) is 18.0 Å². The fraction of sp³-hybridized carbons (Fsp3) is 0.429. The molecule has 0 atom stereocenters. The zero-order valence-electron chi connectivity index (χ0n) is 16.7. The van der Waals surface area contributed by atoms with Crippen molar-refractivity contribution in [2.24, 2.45) is 5.92 Å². The third-order valence-corrected chi connectivity index (χ3v) is 7.06. The van der Waals surface area contributed by atoms with Gasteiger partial charge in [-0.15, -0.1) is 0 Å². The van der Waals surface area contributed by atoms with E-state index >= 15 is 0 Å². The molecule has 7 nitrogen and oxygen atoms in total. The van der Waals surface area contributed by atoms with Crippen LogP contribution in [-0.4, -0.2) is 48.9 Å². The van der Waals surface area contributed by atoms with Crippen LogP contribution in [0.3, 0.4) is 0 Å². The fourth-order valence-corrected chi connectivity index (χ4v) is 4.68. The quantitative estimate of drug-likeness (QED) is 0.645. The van der Waals surface area contributed by atoms with E-state index in [4.69, 9.17) is 4.42 Å². The Labute approximate surface area is 171 Å². The summed E-state index contributed by atoms with van der Waals surface area (Å²) in [6.45, 7) is 4.56.